The van der Waals surface area contributed by atoms with Gasteiger partial charge in [0.05, 0.1) is 18.5 Å². The molecule has 2 saturated heterocycles. The molecular formula is C40H43F2N9O2. The van der Waals surface area contributed by atoms with Crippen LogP contribution in [-0.2, 0) is 22.4 Å². The zero-order chi connectivity index (χ0) is 38.1. The molecule has 2 N–H and O–H groups in total. The highest BCUT2D eigenvalue weighted by Crippen LogP contribution is 2.21. The van der Waals surface area contributed by atoms with Crippen LogP contribution in [0.2, 0.25) is 0 Å². The highest BCUT2D eigenvalue weighted by atomic mass is 19.1. The molecule has 53 heavy (non-hydrogen) atoms. The summed E-state index contributed by atoms with van der Waals surface area (Å²) < 4.78 is 28.2. The molecule has 0 aliphatic carbocycles. The van der Waals surface area contributed by atoms with Crippen LogP contribution in [0.3, 0.4) is 0 Å². The Hall–Kier alpha value is -6.03. The van der Waals surface area contributed by atoms with Crippen molar-refractivity contribution in [3.8, 4) is 6.07 Å². The van der Waals surface area contributed by atoms with Gasteiger partial charge in [0.25, 0.3) is 0 Å². The number of nitrogens with zero attached hydrogens (tertiary/aromatic N) is 7. The molecule has 2 fully saturated rings. The Kier molecular flexibility index (Phi) is 12.6. The number of carbonyl (C=O) groups excluding carboxylic acids is 2. The molecule has 0 saturated carbocycles. The highest BCUT2D eigenvalue weighted by molar-refractivity contribution is 5.80. The number of rotatable bonds is 10. The summed E-state index contributed by atoms with van der Waals surface area (Å²) in [6, 6.07) is 18.9. The summed E-state index contributed by atoms with van der Waals surface area (Å²) in [7, 11) is 0. The smallest absolute Gasteiger partial charge is 0.224 e. The van der Waals surface area contributed by atoms with Gasteiger partial charge in [-0.3, -0.25) is 9.59 Å². The lowest BCUT2D eigenvalue weighted by atomic mass is 10.0. The zero-order valence-electron chi connectivity index (χ0n) is 30.2. The monoisotopic (exact) mass is 719 g/mol. The van der Waals surface area contributed by atoms with Crippen LogP contribution < -0.4 is 20.4 Å². The number of allylic oxidation sites excluding steroid dienone is 2. The maximum absolute atomic E-state index is 14.2. The first kappa shape index (κ1) is 38.2. The lowest BCUT2D eigenvalue weighted by Gasteiger charge is -2.17. The number of anilines is 2. The Morgan fingerprint density at radius 2 is 1.42 bits per heavy atom. The van der Waals surface area contributed by atoms with Gasteiger partial charge >= 0.3 is 0 Å². The summed E-state index contributed by atoms with van der Waals surface area (Å²) >= 11 is 0. The van der Waals surface area contributed by atoms with Crippen LogP contribution in [0.25, 0.3) is 11.1 Å². The predicted molar refractivity (Wildman–Crippen MR) is 201 cm³/mol. The molecule has 2 aromatic carbocycles. The summed E-state index contributed by atoms with van der Waals surface area (Å²) in [6.07, 6.45) is 1.78. The minimum absolute atomic E-state index is 0.00511. The van der Waals surface area contributed by atoms with Crippen molar-refractivity contribution in [3.05, 3.63) is 119 Å². The van der Waals surface area contributed by atoms with Gasteiger partial charge in [0, 0.05) is 43.8 Å². The van der Waals surface area contributed by atoms with Gasteiger partial charge in [-0.1, -0.05) is 43.0 Å². The van der Waals surface area contributed by atoms with Crippen LogP contribution in [0.15, 0.2) is 73.8 Å². The van der Waals surface area contributed by atoms with Crippen LogP contribution in [0.5, 0.6) is 0 Å². The standard InChI is InChI=1S/C20H20FN5O.C20H23FN4O/c1-13(2)17-5-3-14(9-18(17)21)10-20(27)23-16-7-8-26(12-16)19-6-4-15(11-22)24-25-19;1-13(2)15-5-6-16(18(21)10-15)11-20(26)22-17-8-9-25(12-17)19-7-4-14(3)23-24-19/h3-6,9,16H,1,7-8,10,12H2,2H3,(H,23,27);4-7,10,17H,1,8-9,11-12H2,2-3H3,(H,22,26)/t16-;17-/m00/s1. The number of hydrogen-bond donors (Lipinski definition) is 2. The van der Waals surface area contributed by atoms with Gasteiger partial charge in [-0.2, -0.15) is 10.4 Å². The van der Waals surface area contributed by atoms with Crippen LogP contribution in [0, 0.1) is 29.9 Å². The van der Waals surface area contributed by atoms with Crippen molar-refractivity contribution in [3.63, 3.8) is 0 Å². The number of aromatic nitrogens is 4. The molecule has 2 atom stereocenters. The van der Waals surface area contributed by atoms with Gasteiger partial charge < -0.3 is 20.4 Å². The molecule has 2 aliphatic heterocycles. The second kappa shape index (κ2) is 17.5. The molecule has 4 aromatic rings. The number of amides is 2. The molecule has 4 heterocycles. The van der Waals surface area contributed by atoms with Gasteiger partial charge in [0.1, 0.15) is 17.7 Å². The van der Waals surface area contributed by atoms with Crippen molar-refractivity contribution < 1.29 is 18.4 Å². The third kappa shape index (κ3) is 10.5. The normalized spacial score (nSPS) is 16.3. The van der Waals surface area contributed by atoms with E-state index in [1.165, 1.54) is 12.1 Å². The average Bonchev–Trinajstić information content (AvgIpc) is 3.79. The van der Waals surface area contributed by atoms with Crippen LogP contribution in [-0.4, -0.2) is 70.5 Å². The van der Waals surface area contributed by atoms with Crippen molar-refractivity contribution in [2.24, 2.45) is 0 Å². The first-order chi connectivity index (χ1) is 25.4. The second-order valence-electron chi connectivity index (χ2n) is 13.5. The fourth-order valence-corrected chi connectivity index (χ4v) is 6.17. The van der Waals surface area contributed by atoms with Crippen LogP contribution in [0.1, 0.15) is 60.3 Å². The summed E-state index contributed by atoms with van der Waals surface area (Å²) in [5, 5.41) is 30.9. The van der Waals surface area contributed by atoms with E-state index in [9.17, 15) is 18.4 Å². The van der Waals surface area contributed by atoms with Crippen molar-refractivity contribution in [1.82, 2.24) is 31.0 Å². The summed E-state index contributed by atoms with van der Waals surface area (Å²) in [5.74, 6) is 0.448. The molecule has 13 heteroatoms. The first-order valence-electron chi connectivity index (χ1n) is 17.4. The highest BCUT2D eigenvalue weighted by Gasteiger charge is 2.26. The van der Waals surface area contributed by atoms with E-state index in [0.717, 1.165) is 48.6 Å². The van der Waals surface area contributed by atoms with E-state index >= 15 is 0 Å². The Balaban J connectivity index is 0.000000204. The van der Waals surface area contributed by atoms with Crippen molar-refractivity contribution in [2.75, 3.05) is 36.0 Å². The molecule has 2 aliphatic rings. The molecule has 6 rings (SSSR count). The maximum atomic E-state index is 14.2. The number of nitriles is 1. The predicted octanol–water partition coefficient (Wildman–Crippen LogP) is 5.35. The summed E-state index contributed by atoms with van der Waals surface area (Å²) in [4.78, 5) is 28.7. The lowest BCUT2D eigenvalue weighted by Crippen LogP contribution is -2.38. The molecule has 11 nitrogen and oxygen atoms in total. The molecule has 0 unspecified atom stereocenters. The third-order valence-electron chi connectivity index (χ3n) is 9.06. The number of nitrogens with one attached hydrogen (secondary N) is 2. The van der Waals surface area contributed by atoms with Gasteiger partial charge in [0.2, 0.25) is 11.8 Å². The third-order valence-corrected chi connectivity index (χ3v) is 9.06. The number of benzene rings is 2. The van der Waals surface area contributed by atoms with Crippen molar-refractivity contribution >= 4 is 34.6 Å². The molecule has 0 bridgehead atoms. The largest absolute Gasteiger partial charge is 0.353 e. The Morgan fingerprint density at radius 3 is 1.92 bits per heavy atom. The van der Waals surface area contributed by atoms with Crippen LogP contribution >= 0.6 is 0 Å². The topological polar surface area (TPSA) is 140 Å². The number of aryl methyl sites for hydroxylation is 1. The van der Waals surface area contributed by atoms with Gasteiger partial charge in [0.15, 0.2) is 17.3 Å². The Morgan fingerprint density at radius 1 is 0.792 bits per heavy atom. The lowest BCUT2D eigenvalue weighted by molar-refractivity contribution is -0.121. The molecule has 0 radical (unpaired) electrons. The molecule has 0 spiro atoms. The quantitative estimate of drug-likeness (QED) is 0.222. The Bertz CT molecular complexity index is 2010. The first-order valence-corrected chi connectivity index (χ1v) is 17.4. The van der Waals surface area contributed by atoms with E-state index in [-0.39, 0.29) is 54.1 Å². The fourth-order valence-electron chi connectivity index (χ4n) is 6.17. The maximum Gasteiger partial charge on any atom is 0.224 e. The molecule has 2 aromatic heterocycles. The van der Waals surface area contributed by atoms with Gasteiger partial charge in [-0.05, 0) is 92.3 Å². The van der Waals surface area contributed by atoms with E-state index in [2.05, 4.69) is 49.1 Å². The van der Waals surface area contributed by atoms with E-state index in [1.807, 2.05) is 36.9 Å². The van der Waals surface area contributed by atoms with Gasteiger partial charge in [-0.25, -0.2) is 8.78 Å². The SMILES string of the molecule is C=C(C)c1ccc(CC(=O)N[C@H]2CCN(c3ccc(C#N)nn3)C2)cc1F.C=C(C)c1ccc(CC(=O)N[C@H]2CCN(c3ccc(C)nn3)C2)c(F)c1. The number of hydrogen-bond acceptors (Lipinski definition) is 9. The molecule has 2 amide bonds. The van der Waals surface area contributed by atoms with Gasteiger partial charge in [-0.15, -0.1) is 15.3 Å². The number of carbonyl (C=O) groups is 2. The minimum Gasteiger partial charge on any atom is -0.353 e. The zero-order valence-corrected chi connectivity index (χ0v) is 30.2. The van der Waals surface area contributed by atoms with E-state index < -0.39 is 0 Å². The minimum atomic E-state index is -0.372. The van der Waals surface area contributed by atoms with Crippen molar-refractivity contribution in [1.29, 1.82) is 5.26 Å². The summed E-state index contributed by atoms with van der Waals surface area (Å²) in [6.45, 7) is 15.9. The number of halogens is 2. The van der Waals surface area contributed by atoms with E-state index in [1.54, 1.807) is 43.3 Å². The summed E-state index contributed by atoms with van der Waals surface area (Å²) in [5.41, 5.74) is 4.83. The molecular weight excluding hydrogens is 676 g/mol. The Labute approximate surface area is 308 Å². The van der Waals surface area contributed by atoms with Crippen LogP contribution in [0.4, 0.5) is 20.4 Å². The van der Waals surface area contributed by atoms with Crippen molar-refractivity contribution in [2.45, 2.75) is 58.5 Å². The average molecular weight is 720 g/mol. The second-order valence-corrected chi connectivity index (χ2v) is 13.5. The molecule has 274 valence electrons. The van der Waals surface area contributed by atoms with E-state index in [0.29, 0.717) is 41.2 Å². The fraction of sp³-hybridized carbons (Fsp3) is 0.325. The van der Waals surface area contributed by atoms with E-state index in [4.69, 9.17) is 5.26 Å².